The predicted molar refractivity (Wildman–Crippen MR) is 210 cm³/mol. The van der Waals surface area contributed by atoms with E-state index in [9.17, 15) is 8.78 Å². The summed E-state index contributed by atoms with van der Waals surface area (Å²) in [5, 5.41) is 7.67. The molecule has 1 aliphatic carbocycles. The van der Waals surface area contributed by atoms with Gasteiger partial charge in [-0.25, -0.2) is 8.78 Å². The second-order valence-electron chi connectivity index (χ2n) is 17.6. The molecule has 294 valence electrons. The van der Waals surface area contributed by atoms with E-state index < -0.39 is 5.92 Å². The highest BCUT2D eigenvalue weighted by molar-refractivity contribution is 4.99. The van der Waals surface area contributed by atoms with Gasteiger partial charge in [-0.1, -0.05) is 34.1 Å². The fraction of sp³-hybridized carbons (Fsp3) is 0.927. The van der Waals surface area contributed by atoms with Crippen LogP contribution in [0.3, 0.4) is 0 Å². The Hall–Kier alpha value is -1.13. The summed E-state index contributed by atoms with van der Waals surface area (Å²) in [7, 11) is 2.25. The van der Waals surface area contributed by atoms with Gasteiger partial charge in [0.05, 0.1) is 6.54 Å². The highest BCUT2D eigenvalue weighted by Gasteiger charge is 2.42. The van der Waals surface area contributed by atoms with Crippen LogP contribution in [0.4, 0.5) is 8.78 Å². The molecule has 9 heteroatoms. The topological polar surface area (TPSA) is 42.8 Å². The van der Waals surface area contributed by atoms with Gasteiger partial charge in [0.25, 0.3) is 5.92 Å². The van der Waals surface area contributed by atoms with E-state index in [4.69, 9.17) is 0 Å². The molecule has 0 aromatic carbocycles. The van der Waals surface area contributed by atoms with Gasteiger partial charge in [0.15, 0.2) is 0 Å². The average Bonchev–Trinajstić information content (AvgIpc) is 3.83. The van der Waals surface area contributed by atoms with Gasteiger partial charge in [-0.3, -0.25) is 14.5 Å². The van der Waals surface area contributed by atoms with Crippen LogP contribution in [0.2, 0.25) is 0 Å². The van der Waals surface area contributed by atoms with E-state index in [-0.39, 0.29) is 19.0 Å². The Morgan fingerprint density at radius 3 is 1.62 bits per heavy atom. The van der Waals surface area contributed by atoms with Gasteiger partial charge in [-0.2, -0.15) is 5.10 Å². The standard InChI is InChI=1S/C11H23N.C9H18N2.C8H17N.C7H13F2N.C6H10N2/c1-8(2)12-11-6-9(3)5-10(4)7-11;1-7(2)11-6-8-4-9(11)5-10(8)3;1-8(2)9-6-4-3-5-7-9;1-6(2)10-4-3-7(8,9)5-10;1-6(2)8-5-3-4-7-8/h8-12H,5-7H2,1-4H3;7-9H,4-6H2,1-3H3;8H,3-7H2,1-2H3;6H,3-5H2,1-2H3;3-6H,1-2H3. The summed E-state index contributed by atoms with van der Waals surface area (Å²) in [6.45, 7) is 32.3. The van der Waals surface area contributed by atoms with Crippen LogP contribution in [0.1, 0.15) is 140 Å². The molecule has 0 spiro atoms. The minimum Gasteiger partial charge on any atom is -0.312 e. The number of fused-ring (bicyclic) bond motifs is 2. The van der Waals surface area contributed by atoms with E-state index in [1.54, 1.807) is 11.1 Å². The lowest BCUT2D eigenvalue weighted by Crippen LogP contribution is -2.47. The Balaban J connectivity index is 0.000000218. The van der Waals surface area contributed by atoms with Crippen LogP contribution in [-0.4, -0.2) is 124 Å². The molecular formula is C41H81F2N7. The molecule has 1 saturated carbocycles. The maximum atomic E-state index is 12.5. The lowest BCUT2D eigenvalue weighted by atomic mass is 9.80. The maximum absolute atomic E-state index is 12.5. The average molecular weight is 710 g/mol. The smallest absolute Gasteiger partial charge is 0.261 e. The Kier molecular flexibility index (Phi) is 20.0. The van der Waals surface area contributed by atoms with E-state index >= 15 is 0 Å². The minimum atomic E-state index is -2.43. The van der Waals surface area contributed by atoms with Crippen molar-refractivity contribution in [2.45, 2.75) is 189 Å². The van der Waals surface area contributed by atoms with E-state index in [1.807, 2.05) is 30.8 Å². The van der Waals surface area contributed by atoms with Crippen molar-refractivity contribution in [1.82, 2.24) is 34.7 Å². The lowest BCUT2D eigenvalue weighted by molar-refractivity contribution is 0.00920. The van der Waals surface area contributed by atoms with Crippen molar-refractivity contribution in [2.24, 2.45) is 11.8 Å². The Labute approximate surface area is 308 Å². The predicted octanol–water partition coefficient (Wildman–Crippen LogP) is 8.67. The number of likely N-dealkylation sites (N-methyl/N-ethyl adjacent to an activating group) is 1. The third-order valence-electron chi connectivity index (χ3n) is 11.1. The van der Waals surface area contributed by atoms with Gasteiger partial charge in [0, 0.05) is 86.8 Å². The minimum absolute atomic E-state index is 0.0329. The van der Waals surface area contributed by atoms with Crippen molar-refractivity contribution in [2.75, 3.05) is 46.3 Å². The molecule has 50 heavy (non-hydrogen) atoms. The first-order valence-electron chi connectivity index (χ1n) is 20.4. The number of halogens is 2. The lowest BCUT2D eigenvalue weighted by Gasteiger charge is -2.34. The molecule has 2 bridgehead atoms. The number of aromatic nitrogens is 2. The summed E-state index contributed by atoms with van der Waals surface area (Å²) < 4.78 is 26.9. The quantitative estimate of drug-likeness (QED) is 0.319. The molecule has 6 rings (SSSR count). The van der Waals surface area contributed by atoms with Crippen molar-refractivity contribution < 1.29 is 8.78 Å². The molecule has 5 heterocycles. The van der Waals surface area contributed by atoms with Crippen LogP contribution in [0, 0.1) is 11.8 Å². The first-order valence-corrected chi connectivity index (χ1v) is 20.4. The summed E-state index contributed by atoms with van der Waals surface area (Å²) in [5.41, 5.74) is 0. The highest BCUT2D eigenvalue weighted by atomic mass is 19.3. The van der Waals surface area contributed by atoms with Crippen LogP contribution in [0.5, 0.6) is 0 Å². The molecule has 4 atom stereocenters. The van der Waals surface area contributed by atoms with E-state index in [0.717, 1.165) is 42.0 Å². The number of rotatable bonds is 6. The molecule has 0 radical (unpaired) electrons. The Bertz CT molecular complexity index is 978. The van der Waals surface area contributed by atoms with Crippen molar-refractivity contribution in [3.63, 3.8) is 0 Å². The SMILES string of the molecule is CC(C)N1CC2CC1CN2C.CC(C)N1CCC(F)(F)C1.CC(C)N1CCCCC1.CC(C)n1cccn1.CC1CC(C)CC(NC(C)C)C1. The zero-order valence-electron chi connectivity index (χ0n) is 34.8. The van der Waals surface area contributed by atoms with Crippen molar-refractivity contribution in [3.8, 4) is 0 Å². The van der Waals surface area contributed by atoms with Gasteiger partial charge in [0.2, 0.25) is 0 Å². The number of alkyl halides is 2. The maximum Gasteiger partial charge on any atom is 0.261 e. The molecule has 4 unspecified atom stereocenters. The van der Waals surface area contributed by atoms with Gasteiger partial charge in [0.1, 0.15) is 0 Å². The third kappa shape index (κ3) is 16.7. The molecule has 1 aromatic rings. The molecule has 5 aliphatic rings. The van der Waals surface area contributed by atoms with Crippen LogP contribution >= 0.6 is 0 Å². The Morgan fingerprint density at radius 2 is 1.30 bits per heavy atom. The van der Waals surface area contributed by atoms with Crippen LogP contribution < -0.4 is 5.32 Å². The highest BCUT2D eigenvalue weighted by Crippen LogP contribution is 2.31. The van der Waals surface area contributed by atoms with Crippen molar-refractivity contribution in [3.05, 3.63) is 18.5 Å². The molecule has 5 fully saturated rings. The van der Waals surface area contributed by atoms with Crippen LogP contribution in [0.15, 0.2) is 18.5 Å². The van der Waals surface area contributed by atoms with Gasteiger partial charge in [-0.05, 0) is 132 Å². The molecule has 4 aliphatic heterocycles. The molecule has 1 N–H and O–H groups in total. The second-order valence-corrected chi connectivity index (χ2v) is 17.6. The van der Waals surface area contributed by atoms with Gasteiger partial charge < -0.3 is 15.1 Å². The number of nitrogens with zero attached hydrogens (tertiary/aromatic N) is 6. The molecule has 7 nitrogen and oxygen atoms in total. The molecular weight excluding hydrogens is 628 g/mol. The molecule has 0 amide bonds. The van der Waals surface area contributed by atoms with E-state index in [0.29, 0.717) is 18.6 Å². The fourth-order valence-corrected chi connectivity index (χ4v) is 8.31. The second kappa shape index (κ2) is 22.2. The monoisotopic (exact) mass is 710 g/mol. The number of hydrogen-bond donors (Lipinski definition) is 1. The zero-order valence-corrected chi connectivity index (χ0v) is 34.8. The van der Waals surface area contributed by atoms with E-state index in [2.05, 4.69) is 101 Å². The number of piperidine rings is 1. The van der Waals surface area contributed by atoms with Gasteiger partial charge in [-0.15, -0.1) is 0 Å². The van der Waals surface area contributed by atoms with Crippen LogP contribution in [0.25, 0.3) is 0 Å². The number of hydrogen-bond acceptors (Lipinski definition) is 6. The first-order chi connectivity index (χ1) is 23.4. The number of likely N-dealkylation sites (tertiary alicyclic amines) is 4. The number of piperazine rings is 1. The largest absolute Gasteiger partial charge is 0.312 e. The first kappa shape index (κ1) is 45.0. The van der Waals surface area contributed by atoms with Crippen molar-refractivity contribution in [1.29, 1.82) is 0 Å². The van der Waals surface area contributed by atoms with E-state index in [1.165, 1.54) is 71.1 Å². The summed E-state index contributed by atoms with van der Waals surface area (Å²) in [5.74, 6) is -0.584. The molecule has 1 aromatic heterocycles. The fourth-order valence-electron chi connectivity index (χ4n) is 8.31. The zero-order chi connectivity index (χ0) is 37.6. The number of nitrogens with one attached hydrogen (secondary N) is 1. The summed E-state index contributed by atoms with van der Waals surface area (Å²) in [6.07, 6.45) is 13.7. The third-order valence-corrected chi connectivity index (χ3v) is 11.1. The summed E-state index contributed by atoms with van der Waals surface area (Å²) >= 11 is 0. The summed E-state index contributed by atoms with van der Waals surface area (Å²) in [4.78, 5) is 9.51. The molecule has 4 saturated heterocycles. The normalized spacial score (nSPS) is 28.6. The Morgan fingerprint density at radius 1 is 0.700 bits per heavy atom. The summed E-state index contributed by atoms with van der Waals surface area (Å²) in [6, 6.07) is 7.35. The van der Waals surface area contributed by atoms with Crippen molar-refractivity contribution >= 4 is 0 Å². The van der Waals surface area contributed by atoms with Crippen LogP contribution in [-0.2, 0) is 0 Å². The van der Waals surface area contributed by atoms with Gasteiger partial charge >= 0.3 is 0 Å².